The fraction of sp³-hybridized carbons (Fsp3) is 0.0714. The van der Waals surface area contributed by atoms with Gasteiger partial charge in [0.1, 0.15) is 11.0 Å². The van der Waals surface area contributed by atoms with Crippen molar-refractivity contribution in [3.63, 3.8) is 0 Å². The Hall–Kier alpha value is -2.02. The maximum absolute atomic E-state index is 12.0. The molecule has 0 aliphatic rings. The molecular weight excluding hydrogens is 363 g/mol. The van der Waals surface area contributed by atoms with Gasteiger partial charge in [0, 0.05) is 0 Å². The Bertz CT molecular complexity index is 882. The minimum atomic E-state index is -0.426. The summed E-state index contributed by atoms with van der Waals surface area (Å²) in [5.41, 5.74) is 1.67. The number of hydrogen-bond acceptors (Lipinski definition) is 4. The molecule has 1 aromatic heterocycles. The molecule has 23 heavy (non-hydrogen) atoms. The van der Waals surface area contributed by atoms with Crippen molar-refractivity contribution >= 4 is 57.4 Å². The molecular formula is C14H9Cl3N4O2. The first-order valence-electron chi connectivity index (χ1n) is 6.43. The van der Waals surface area contributed by atoms with Gasteiger partial charge in [-0.1, -0.05) is 51.8 Å². The second-order valence-electron chi connectivity index (χ2n) is 4.52. The highest BCUT2D eigenvalue weighted by Gasteiger charge is 2.11. The molecule has 0 saturated heterocycles. The van der Waals surface area contributed by atoms with E-state index in [9.17, 15) is 4.79 Å². The lowest BCUT2D eigenvalue weighted by Gasteiger charge is -2.09. The number of nitrogens with zero attached hydrogens (tertiary/aromatic N) is 3. The van der Waals surface area contributed by atoms with Gasteiger partial charge in [-0.3, -0.25) is 4.79 Å². The molecule has 2 aromatic carbocycles. The second-order valence-corrected chi connectivity index (χ2v) is 5.74. The van der Waals surface area contributed by atoms with Crippen LogP contribution in [0.25, 0.3) is 11.0 Å². The normalized spacial score (nSPS) is 10.7. The van der Waals surface area contributed by atoms with Gasteiger partial charge in [0.25, 0.3) is 5.91 Å². The van der Waals surface area contributed by atoms with Crippen molar-refractivity contribution in [3.8, 4) is 0 Å². The van der Waals surface area contributed by atoms with Crippen LogP contribution in [0.4, 0.5) is 5.69 Å². The van der Waals surface area contributed by atoms with Crippen molar-refractivity contribution in [3.05, 3.63) is 51.5 Å². The maximum Gasteiger partial charge on any atom is 0.265 e. The van der Waals surface area contributed by atoms with Crippen molar-refractivity contribution in [2.24, 2.45) is 0 Å². The minimum absolute atomic E-state index is 0.274. The van der Waals surface area contributed by atoms with Gasteiger partial charge < -0.3 is 10.2 Å². The number of rotatable bonds is 4. The lowest BCUT2D eigenvalue weighted by molar-refractivity contribution is -0.121. The van der Waals surface area contributed by atoms with Gasteiger partial charge in [-0.05, 0) is 29.5 Å². The van der Waals surface area contributed by atoms with Crippen LogP contribution in [0.5, 0.6) is 0 Å². The van der Waals surface area contributed by atoms with Crippen molar-refractivity contribution in [1.29, 1.82) is 0 Å². The highest BCUT2D eigenvalue weighted by Crippen LogP contribution is 2.32. The zero-order valence-electron chi connectivity index (χ0n) is 11.5. The predicted octanol–water partition coefficient (Wildman–Crippen LogP) is 3.46. The fourth-order valence-corrected chi connectivity index (χ4v) is 2.46. The minimum Gasteiger partial charge on any atom is -0.385 e. The van der Waals surface area contributed by atoms with Crippen LogP contribution in [0.15, 0.2) is 36.4 Å². The molecule has 0 unspecified atom stereocenters. The largest absolute Gasteiger partial charge is 0.385 e. The molecule has 0 fully saturated rings. The molecule has 0 aliphatic heterocycles. The number of carbonyl (C=O) groups excluding carboxylic acids is 1. The van der Waals surface area contributed by atoms with E-state index in [1.165, 1.54) is 17.0 Å². The molecule has 0 aliphatic carbocycles. The summed E-state index contributed by atoms with van der Waals surface area (Å²) < 4.78 is 0. The number of aromatic nitrogens is 3. The van der Waals surface area contributed by atoms with Crippen LogP contribution < -0.4 is 10.2 Å². The third kappa shape index (κ3) is 3.50. The lowest BCUT2D eigenvalue weighted by Crippen LogP contribution is -2.26. The van der Waals surface area contributed by atoms with Crippen LogP contribution >= 0.6 is 34.8 Å². The van der Waals surface area contributed by atoms with Gasteiger partial charge >= 0.3 is 0 Å². The summed E-state index contributed by atoms with van der Waals surface area (Å²) in [7, 11) is 0. The third-order valence-electron chi connectivity index (χ3n) is 2.92. The second kappa shape index (κ2) is 6.62. The van der Waals surface area contributed by atoms with Gasteiger partial charge in [0.05, 0.1) is 20.8 Å². The standard InChI is InChI=1S/C14H9Cl3N4O2/c15-8-5-10(17)12(6-9(8)16)18-14(22)7-23-21-13-4-2-1-3-11(13)19-20-21/h1-6H,7H2,(H,18,22). The smallest absolute Gasteiger partial charge is 0.265 e. The van der Waals surface area contributed by atoms with Crippen molar-refractivity contribution in [2.75, 3.05) is 11.9 Å². The fourth-order valence-electron chi connectivity index (χ4n) is 1.87. The quantitative estimate of drug-likeness (QED) is 0.713. The highest BCUT2D eigenvalue weighted by atomic mass is 35.5. The van der Waals surface area contributed by atoms with E-state index in [0.717, 1.165) is 0 Å². The van der Waals surface area contributed by atoms with Crippen molar-refractivity contribution in [1.82, 2.24) is 15.2 Å². The molecule has 0 atom stereocenters. The Balaban J connectivity index is 1.67. The van der Waals surface area contributed by atoms with Crippen LogP contribution in [0.3, 0.4) is 0 Å². The van der Waals surface area contributed by atoms with Crippen LogP contribution in [0, 0.1) is 0 Å². The van der Waals surface area contributed by atoms with E-state index in [0.29, 0.717) is 21.7 Å². The molecule has 1 N–H and O–H groups in total. The number of amides is 1. The van der Waals surface area contributed by atoms with E-state index in [2.05, 4.69) is 15.6 Å². The average Bonchev–Trinajstić information content (AvgIpc) is 2.94. The summed E-state index contributed by atoms with van der Waals surface area (Å²) in [6.07, 6.45) is 0. The predicted molar refractivity (Wildman–Crippen MR) is 89.1 cm³/mol. The van der Waals surface area contributed by atoms with Crippen LogP contribution in [0.2, 0.25) is 15.1 Å². The molecule has 0 spiro atoms. The summed E-state index contributed by atoms with van der Waals surface area (Å²) >= 11 is 17.7. The summed E-state index contributed by atoms with van der Waals surface area (Å²) in [6.45, 7) is -0.274. The van der Waals surface area contributed by atoms with Gasteiger partial charge in [0.15, 0.2) is 6.61 Å². The highest BCUT2D eigenvalue weighted by molar-refractivity contribution is 6.44. The number of halogens is 3. The number of para-hydroxylation sites is 1. The van der Waals surface area contributed by atoms with E-state index in [4.69, 9.17) is 39.6 Å². The molecule has 1 heterocycles. The first-order chi connectivity index (χ1) is 11.0. The van der Waals surface area contributed by atoms with E-state index in [1.54, 1.807) is 12.1 Å². The summed E-state index contributed by atoms with van der Waals surface area (Å²) in [5, 5.41) is 11.2. The zero-order chi connectivity index (χ0) is 16.4. The maximum atomic E-state index is 12.0. The Labute approximate surface area is 145 Å². The number of anilines is 1. The van der Waals surface area contributed by atoms with Gasteiger partial charge in [-0.15, -0.1) is 5.10 Å². The molecule has 0 radical (unpaired) electrons. The van der Waals surface area contributed by atoms with E-state index in [-0.39, 0.29) is 16.7 Å². The molecule has 3 aromatic rings. The zero-order valence-corrected chi connectivity index (χ0v) is 13.7. The number of hydrogen-bond donors (Lipinski definition) is 1. The lowest BCUT2D eigenvalue weighted by atomic mass is 10.3. The Morgan fingerprint density at radius 1 is 1.13 bits per heavy atom. The van der Waals surface area contributed by atoms with Gasteiger partial charge in [-0.25, -0.2) is 0 Å². The van der Waals surface area contributed by atoms with E-state index >= 15 is 0 Å². The first kappa shape index (κ1) is 15.9. The summed E-state index contributed by atoms with van der Waals surface area (Å²) in [4.78, 5) is 18.5. The van der Waals surface area contributed by atoms with Crippen molar-refractivity contribution in [2.45, 2.75) is 0 Å². The van der Waals surface area contributed by atoms with Crippen LogP contribution in [-0.2, 0) is 4.79 Å². The van der Waals surface area contributed by atoms with Gasteiger partial charge in [-0.2, -0.15) is 0 Å². The molecule has 0 saturated carbocycles. The SMILES string of the molecule is O=C(COn1nnc2ccccc21)Nc1cc(Cl)c(Cl)cc1Cl. The monoisotopic (exact) mass is 370 g/mol. The Kier molecular flexibility index (Phi) is 4.56. The van der Waals surface area contributed by atoms with Crippen molar-refractivity contribution < 1.29 is 9.63 Å². The number of nitrogens with one attached hydrogen (secondary N) is 1. The molecule has 0 bridgehead atoms. The molecule has 3 rings (SSSR count). The molecule has 9 heteroatoms. The number of benzene rings is 2. The molecule has 1 amide bonds. The summed E-state index contributed by atoms with van der Waals surface area (Å²) in [6, 6.07) is 10.1. The van der Waals surface area contributed by atoms with E-state index in [1.807, 2.05) is 12.1 Å². The van der Waals surface area contributed by atoms with Crippen LogP contribution in [0.1, 0.15) is 0 Å². The van der Waals surface area contributed by atoms with E-state index < -0.39 is 5.91 Å². The Morgan fingerprint density at radius 2 is 1.87 bits per heavy atom. The molecule has 6 nitrogen and oxygen atoms in total. The van der Waals surface area contributed by atoms with Crippen LogP contribution in [-0.4, -0.2) is 27.7 Å². The third-order valence-corrected chi connectivity index (χ3v) is 3.96. The molecule has 118 valence electrons. The Morgan fingerprint density at radius 3 is 2.70 bits per heavy atom. The average molecular weight is 372 g/mol. The number of fused-ring (bicyclic) bond motifs is 1. The summed E-state index contributed by atoms with van der Waals surface area (Å²) in [5.74, 6) is -0.426. The first-order valence-corrected chi connectivity index (χ1v) is 7.56. The topological polar surface area (TPSA) is 69.0 Å². The van der Waals surface area contributed by atoms with Gasteiger partial charge in [0.2, 0.25) is 0 Å². The number of carbonyl (C=O) groups is 1.